The Morgan fingerprint density at radius 3 is 2.32 bits per heavy atom. The van der Waals surface area contributed by atoms with Crippen LogP contribution in [0.1, 0.15) is 18.5 Å². The van der Waals surface area contributed by atoms with Gasteiger partial charge >= 0.3 is 0 Å². The number of aromatic nitrogens is 2. The largest absolute Gasteiger partial charge is 0.324 e. The van der Waals surface area contributed by atoms with Gasteiger partial charge in [0.1, 0.15) is 0 Å². The minimum atomic E-state index is -0.00143. The molecule has 3 heterocycles. The summed E-state index contributed by atoms with van der Waals surface area (Å²) >= 11 is 7.72. The maximum Gasteiger partial charge on any atom is 0.0935 e. The number of nitrogens with zero attached hydrogens (tertiary/aromatic N) is 2. The van der Waals surface area contributed by atoms with Crippen molar-refractivity contribution in [1.29, 1.82) is 0 Å². The van der Waals surface area contributed by atoms with E-state index in [2.05, 4.69) is 47.4 Å². The van der Waals surface area contributed by atoms with E-state index >= 15 is 0 Å². The highest BCUT2D eigenvalue weighted by atomic mass is 35.5. The second kappa shape index (κ2) is 8.23. The molecule has 0 fully saturated rings. The first-order chi connectivity index (χ1) is 15.1. The fourth-order valence-electron chi connectivity index (χ4n) is 3.74. The van der Waals surface area contributed by atoms with E-state index in [1.54, 1.807) is 0 Å². The number of hydrogen-bond donors (Lipinski definition) is 1. The molecule has 5 heteroatoms. The SMILES string of the molecule is C[C@@H](N)c1ccc(-c2nc3ccnc(-c4ccc(Cl)s4)c3cc2-c2ccccc2)cc1. The first-order valence-electron chi connectivity index (χ1n) is 10.1. The van der Waals surface area contributed by atoms with Crippen LogP contribution in [0.5, 0.6) is 0 Å². The minimum Gasteiger partial charge on any atom is -0.324 e. The van der Waals surface area contributed by atoms with E-state index in [1.807, 2.05) is 49.5 Å². The van der Waals surface area contributed by atoms with Crippen LogP contribution in [0.4, 0.5) is 0 Å². The Morgan fingerprint density at radius 2 is 1.65 bits per heavy atom. The number of nitrogens with two attached hydrogens (primary N) is 1. The number of pyridine rings is 2. The van der Waals surface area contributed by atoms with Crippen molar-refractivity contribution < 1.29 is 0 Å². The van der Waals surface area contributed by atoms with Crippen molar-refractivity contribution in [2.45, 2.75) is 13.0 Å². The summed E-state index contributed by atoms with van der Waals surface area (Å²) in [6, 6.07) is 26.8. The van der Waals surface area contributed by atoms with Crippen molar-refractivity contribution in [3.8, 4) is 33.0 Å². The highest BCUT2D eigenvalue weighted by Gasteiger charge is 2.15. The lowest BCUT2D eigenvalue weighted by Crippen LogP contribution is -2.04. The third-order valence-corrected chi connectivity index (χ3v) is 6.58. The van der Waals surface area contributed by atoms with Crippen LogP contribution in [0.15, 0.2) is 85.1 Å². The Kier molecular flexibility index (Phi) is 5.28. The lowest BCUT2D eigenvalue weighted by Gasteiger charge is -2.14. The first-order valence-corrected chi connectivity index (χ1v) is 11.3. The van der Waals surface area contributed by atoms with Gasteiger partial charge in [-0.3, -0.25) is 4.98 Å². The maximum atomic E-state index is 6.20. The van der Waals surface area contributed by atoms with Crippen LogP contribution in [-0.2, 0) is 0 Å². The van der Waals surface area contributed by atoms with E-state index in [-0.39, 0.29) is 6.04 Å². The summed E-state index contributed by atoms with van der Waals surface area (Å²) < 4.78 is 0.746. The van der Waals surface area contributed by atoms with Crippen molar-refractivity contribution in [1.82, 2.24) is 9.97 Å². The van der Waals surface area contributed by atoms with Crippen LogP contribution >= 0.6 is 22.9 Å². The van der Waals surface area contributed by atoms with Gasteiger partial charge in [-0.2, -0.15) is 0 Å². The molecule has 152 valence electrons. The number of thiophene rings is 1. The van der Waals surface area contributed by atoms with Crippen molar-refractivity contribution in [3.05, 3.63) is 95.0 Å². The smallest absolute Gasteiger partial charge is 0.0935 e. The third-order valence-electron chi connectivity index (χ3n) is 5.34. The first kappa shape index (κ1) is 19.9. The summed E-state index contributed by atoms with van der Waals surface area (Å²) in [4.78, 5) is 10.8. The maximum absolute atomic E-state index is 6.20. The van der Waals surface area contributed by atoms with E-state index in [4.69, 9.17) is 22.3 Å². The van der Waals surface area contributed by atoms with Gasteiger partial charge < -0.3 is 5.73 Å². The Bertz CT molecular complexity index is 1360. The standard InChI is InChI=1S/C26H20ClN3S/c1-16(28)17-7-9-19(10-8-17)25-20(18-5-3-2-4-6-18)15-21-22(30-25)13-14-29-26(21)23-11-12-24(27)31-23/h2-16H,28H2,1H3/t16-/m1/s1. The average molecular weight is 442 g/mol. The van der Waals surface area contributed by atoms with Crippen molar-refractivity contribution in [2.75, 3.05) is 0 Å². The van der Waals surface area contributed by atoms with E-state index in [0.29, 0.717) is 0 Å². The number of benzene rings is 2. The molecule has 0 saturated heterocycles. The normalized spacial score (nSPS) is 12.2. The number of rotatable bonds is 4. The van der Waals surface area contributed by atoms with Crippen LogP contribution in [0.25, 0.3) is 43.9 Å². The average Bonchev–Trinajstić information content (AvgIpc) is 3.24. The molecule has 0 aliphatic carbocycles. The topological polar surface area (TPSA) is 51.8 Å². The fraction of sp³-hybridized carbons (Fsp3) is 0.0769. The van der Waals surface area contributed by atoms with Gasteiger partial charge in [-0.15, -0.1) is 11.3 Å². The Morgan fingerprint density at radius 1 is 0.871 bits per heavy atom. The molecule has 0 saturated carbocycles. The van der Waals surface area contributed by atoms with Crippen molar-refractivity contribution >= 4 is 33.8 Å². The zero-order chi connectivity index (χ0) is 21.4. The molecule has 0 radical (unpaired) electrons. The molecular formula is C26H20ClN3S. The molecule has 0 aliphatic heterocycles. The molecule has 2 N–H and O–H groups in total. The van der Waals surface area contributed by atoms with Crippen LogP contribution in [0, 0.1) is 0 Å². The van der Waals surface area contributed by atoms with Crippen LogP contribution in [-0.4, -0.2) is 9.97 Å². The summed E-state index contributed by atoms with van der Waals surface area (Å²) in [6.07, 6.45) is 1.81. The second-order valence-electron chi connectivity index (χ2n) is 7.49. The van der Waals surface area contributed by atoms with Gasteiger partial charge in [0, 0.05) is 28.8 Å². The highest BCUT2D eigenvalue weighted by molar-refractivity contribution is 7.19. The van der Waals surface area contributed by atoms with Gasteiger partial charge in [-0.25, -0.2) is 4.98 Å². The molecule has 3 nitrogen and oxygen atoms in total. The molecule has 0 amide bonds. The molecule has 3 aromatic heterocycles. The van der Waals surface area contributed by atoms with Crippen LogP contribution < -0.4 is 5.73 Å². The third kappa shape index (κ3) is 3.86. The van der Waals surface area contributed by atoms with E-state index in [9.17, 15) is 0 Å². The van der Waals surface area contributed by atoms with E-state index < -0.39 is 0 Å². The zero-order valence-corrected chi connectivity index (χ0v) is 18.5. The summed E-state index contributed by atoms with van der Waals surface area (Å²) in [6.45, 7) is 1.99. The minimum absolute atomic E-state index is 0.00143. The van der Waals surface area contributed by atoms with E-state index in [0.717, 1.165) is 53.8 Å². The number of hydrogen-bond acceptors (Lipinski definition) is 4. The molecule has 0 spiro atoms. The Balaban J connectivity index is 1.77. The quantitative estimate of drug-likeness (QED) is 0.317. The zero-order valence-electron chi connectivity index (χ0n) is 16.9. The van der Waals surface area contributed by atoms with Gasteiger partial charge in [0.25, 0.3) is 0 Å². The molecule has 0 aliphatic rings. The van der Waals surface area contributed by atoms with Gasteiger partial charge in [0.05, 0.1) is 26.1 Å². The Labute approximate surface area is 190 Å². The number of fused-ring (bicyclic) bond motifs is 1. The van der Waals surface area contributed by atoms with Gasteiger partial charge in [0.15, 0.2) is 0 Å². The monoisotopic (exact) mass is 441 g/mol. The summed E-state index contributed by atoms with van der Waals surface area (Å²) in [5.74, 6) is 0. The predicted octanol–water partition coefficient (Wildman–Crippen LogP) is 7.37. The summed E-state index contributed by atoms with van der Waals surface area (Å²) in [5.41, 5.74) is 13.1. The summed E-state index contributed by atoms with van der Waals surface area (Å²) in [7, 11) is 0. The molecular weight excluding hydrogens is 422 g/mol. The molecule has 5 rings (SSSR count). The molecule has 2 aromatic carbocycles. The second-order valence-corrected chi connectivity index (χ2v) is 9.21. The van der Waals surface area contributed by atoms with E-state index in [1.165, 1.54) is 11.3 Å². The molecule has 31 heavy (non-hydrogen) atoms. The lowest BCUT2D eigenvalue weighted by molar-refractivity contribution is 0.818. The summed E-state index contributed by atoms with van der Waals surface area (Å²) in [5, 5.41) is 1.01. The van der Waals surface area contributed by atoms with Crippen LogP contribution in [0.2, 0.25) is 4.34 Å². The van der Waals surface area contributed by atoms with Crippen molar-refractivity contribution in [2.24, 2.45) is 5.73 Å². The molecule has 5 aromatic rings. The number of halogens is 1. The van der Waals surface area contributed by atoms with Gasteiger partial charge in [0.2, 0.25) is 0 Å². The lowest BCUT2D eigenvalue weighted by atomic mass is 9.96. The molecule has 0 unspecified atom stereocenters. The Hall–Kier alpha value is -3.05. The van der Waals surface area contributed by atoms with Crippen molar-refractivity contribution in [3.63, 3.8) is 0 Å². The molecule has 0 bridgehead atoms. The van der Waals surface area contributed by atoms with Gasteiger partial charge in [-0.05, 0) is 42.3 Å². The van der Waals surface area contributed by atoms with Gasteiger partial charge in [-0.1, -0.05) is 66.2 Å². The van der Waals surface area contributed by atoms with Crippen LogP contribution in [0.3, 0.4) is 0 Å². The fourth-order valence-corrected chi connectivity index (χ4v) is 4.79. The molecule has 1 atom stereocenters. The predicted molar refractivity (Wildman–Crippen MR) is 131 cm³/mol. The highest BCUT2D eigenvalue weighted by Crippen LogP contribution is 2.38.